The van der Waals surface area contributed by atoms with Crippen molar-refractivity contribution in [1.29, 1.82) is 0 Å². The summed E-state index contributed by atoms with van der Waals surface area (Å²) in [6.45, 7) is 13.5. The highest BCUT2D eigenvalue weighted by molar-refractivity contribution is 6.48. The Bertz CT molecular complexity index is 413. The minimum absolute atomic E-state index is 0.186. The zero-order valence-electron chi connectivity index (χ0n) is 13.4. The molecule has 0 aliphatic carbocycles. The molecule has 0 aromatic heterocycles. The van der Waals surface area contributed by atoms with E-state index in [4.69, 9.17) is 4.43 Å². The van der Waals surface area contributed by atoms with Gasteiger partial charge in [0.25, 0.3) is 0 Å². The summed E-state index contributed by atoms with van der Waals surface area (Å²) in [6, 6.07) is 10.9. The van der Waals surface area contributed by atoms with E-state index in [1.54, 1.807) is 0 Å². The highest BCUT2D eigenvalue weighted by atomic mass is 28.3. The molecule has 1 N–H and O–H groups in total. The molecule has 2 rings (SSSR count). The summed E-state index contributed by atoms with van der Waals surface area (Å²) < 4.78 is 6.41. The number of benzene rings is 1. The Hall–Kier alpha value is -0.643. The van der Waals surface area contributed by atoms with Crippen LogP contribution in [0.1, 0.15) is 32.3 Å². The molecule has 0 spiro atoms. The monoisotopic (exact) mass is 290 g/mol. The molecule has 0 bridgehead atoms. The molecular weight excluding hydrogens is 262 g/mol. The van der Waals surface area contributed by atoms with Crippen LogP contribution in [0.25, 0.3) is 0 Å². The van der Waals surface area contributed by atoms with Crippen molar-refractivity contribution in [3.05, 3.63) is 35.9 Å². The van der Waals surface area contributed by atoms with Crippen LogP contribution in [0.3, 0.4) is 0 Å². The van der Waals surface area contributed by atoms with E-state index < -0.39 is 9.04 Å². The van der Waals surface area contributed by atoms with Gasteiger partial charge in [-0.2, -0.15) is 0 Å². The number of nitrogens with one attached hydrogen (secondary N) is 1. The maximum atomic E-state index is 6.41. The zero-order valence-corrected chi connectivity index (χ0v) is 14.4. The van der Waals surface area contributed by atoms with Crippen molar-refractivity contribution in [2.45, 2.75) is 45.9 Å². The Morgan fingerprint density at radius 3 is 2.35 bits per heavy atom. The van der Waals surface area contributed by atoms with Crippen molar-refractivity contribution in [2.75, 3.05) is 13.1 Å². The van der Waals surface area contributed by atoms with Gasteiger partial charge in [-0.25, -0.2) is 0 Å². The molecule has 0 saturated carbocycles. The molecular formula is C17H28NOSi. The van der Waals surface area contributed by atoms with Gasteiger partial charge in [-0.3, -0.25) is 0 Å². The van der Waals surface area contributed by atoms with E-state index in [9.17, 15) is 0 Å². The lowest BCUT2D eigenvalue weighted by atomic mass is 9.75. The predicted molar refractivity (Wildman–Crippen MR) is 87.4 cm³/mol. The minimum atomic E-state index is -0.685. The van der Waals surface area contributed by atoms with Gasteiger partial charge in [0.15, 0.2) is 0 Å². The van der Waals surface area contributed by atoms with Gasteiger partial charge in [0.2, 0.25) is 9.04 Å². The van der Waals surface area contributed by atoms with Crippen LogP contribution in [0, 0.1) is 11.3 Å². The highest BCUT2D eigenvalue weighted by Gasteiger charge is 2.41. The van der Waals surface area contributed by atoms with Gasteiger partial charge >= 0.3 is 0 Å². The quantitative estimate of drug-likeness (QED) is 0.854. The first kappa shape index (κ1) is 15.7. The molecule has 3 atom stereocenters. The van der Waals surface area contributed by atoms with Gasteiger partial charge in [-0.15, -0.1) is 0 Å². The predicted octanol–water partition coefficient (Wildman–Crippen LogP) is 3.67. The SMILES string of the molecule is C[Si](C)OC([C@@H]1CNC[C@@H]1c1ccccc1)C(C)(C)C. The Morgan fingerprint density at radius 2 is 1.80 bits per heavy atom. The van der Waals surface area contributed by atoms with Crippen LogP contribution in [-0.2, 0) is 4.43 Å². The van der Waals surface area contributed by atoms with E-state index >= 15 is 0 Å². The molecule has 2 nitrogen and oxygen atoms in total. The maximum Gasteiger partial charge on any atom is 0.205 e. The van der Waals surface area contributed by atoms with Crippen LogP contribution in [0.2, 0.25) is 13.1 Å². The lowest BCUT2D eigenvalue weighted by Gasteiger charge is -2.39. The third-order valence-corrected chi connectivity index (χ3v) is 4.82. The molecule has 1 fully saturated rings. The van der Waals surface area contributed by atoms with Gasteiger partial charge in [0.1, 0.15) is 0 Å². The Morgan fingerprint density at radius 1 is 1.15 bits per heavy atom. The fourth-order valence-corrected chi connectivity index (χ4v) is 4.28. The van der Waals surface area contributed by atoms with E-state index in [1.165, 1.54) is 5.56 Å². The van der Waals surface area contributed by atoms with Crippen LogP contribution in [0.4, 0.5) is 0 Å². The van der Waals surface area contributed by atoms with E-state index in [0.29, 0.717) is 17.9 Å². The topological polar surface area (TPSA) is 21.3 Å². The normalized spacial score (nSPS) is 25.1. The van der Waals surface area contributed by atoms with E-state index in [1.807, 2.05) is 0 Å². The first-order chi connectivity index (χ1) is 9.39. The van der Waals surface area contributed by atoms with E-state index in [-0.39, 0.29) is 5.41 Å². The summed E-state index contributed by atoms with van der Waals surface area (Å²) in [5.74, 6) is 1.14. The van der Waals surface area contributed by atoms with Crippen molar-refractivity contribution >= 4 is 9.04 Å². The third-order valence-electron chi connectivity index (χ3n) is 4.09. The summed E-state index contributed by atoms with van der Waals surface area (Å²) in [6.07, 6.45) is 0.326. The lowest BCUT2D eigenvalue weighted by Crippen LogP contribution is -2.42. The Kier molecular flexibility index (Phi) is 5.05. The number of hydrogen-bond acceptors (Lipinski definition) is 2. The van der Waals surface area contributed by atoms with Crippen molar-refractivity contribution in [1.82, 2.24) is 5.32 Å². The molecule has 1 aliphatic rings. The summed E-state index contributed by atoms with van der Waals surface area (Å²) in [4.78, 5) is 0. The fourth-order valence-electron chi connectivity index (χ4n) is 3.24. The fraction of sp³-hybridized carbons (Fsp3) is 0.647. The van der Waals surface area contributed by atoms with Crippen LogP contribution in [0.15, 0.2) is 30.3 Å². The second-order valence-electron chi connectivity index (χ2n) is 7.15. The summed E-state index contributed by atoms with van der Waals surface area (Å²) in [5, 5.41) is 3.58. The molecule has 1 unspecified atom stereocenters. The van der Waals surface area contributed by atoms with Crippen molar-refractivity contribution in [3.63, 3.8) is 0 Å². The van der Waals surface area contributed by atoms with Crippen LogP contribution >= 0.6 is 0 Å². The van der Waals surface area contributed by atoms with E-state index in [0.717, 1.165) is 13.1 Å². The molecule has 1 aromatic carbocycles. The zero-order chi connectivity index (χ0) is 14.8. The van der Waals surface area contributed by atoms with Crippen LogP contribution in [-0.4, -0.2) is 28.2 Å². The van der Waals surface area contributed by atoms with Gasteiger partial charge in [-0.05, 0) is 24.1 Å². The molecule has 1 heterocycles. The molecule has 1 saturated heterocycles. The van der Waals surface area contributed by atoms with Gasteiger partial charge in [0.05, 0.1) is 6.10 Å². The van der Waals surface area contributed by atoms with Crippen LogP contribution in [0.5, 0.6) is 0 Å². The average Bonchev–Trinajstić information content (AvgIpc) is 2.84. The highest BCUT2D eigenvalue weighted by Crippen LogP contribution is 2.39. The number of hydrogen-bond donors (Lipinski definition) is 1. The van der Waals surface area contributed by atoms with E-state index in [2.05, 4.69) is 69.5 Å². The molecule has 1 radical (unpaired) electrons. The van der Waals surface area contributed by atoms with Gasteiger partial charge in [0, 0.05) is 24.9 Å². The Labute approximate surface area is 125 Å². The van der Waals surface area contributed by atoms with Crippen molar-refractivity contribution in [2.24, 2.45) is 11.3 Å². The minimum Gasteiger partial charge on any atom is -0.413 e. The molecule has 3 heteroatoms. The van der Waals surface area contributed by atoms with Gasteiger partial charge < -0.3 is 9.74 Å². The van der Waals surface area contributed by atoms with Crippen LogP contribution < -0.4 is 5.32 Å². The summed E-state index contributed by atoms with van der Waals surface area (Å²) in [7, 11) is -0.685. The molecule has 20 heavy (non-hydrogen) atoms. The second-order valence-corrected chi connectivity index (χ2v) is 9.20. The lowest BCUT2D eigenvalue weighted by molar-refractivity contribution is 0.0339. The van der Waals surface area contributed by atoms with Crippen molar-refractivity contribution in [3.8, 4) is 0 Å². The summed E-state index contributed by atoms with van der Waals surface area (Å²) in [5.41, 5.74) is 1.63. The number of rotatable bonds is 4. The standard InChI is InChI=1S/C17H28NOSi/c1-17(2,3)16(19-20(4)5)15-12-18-11-14(15)13-9-7-6-8-10-13/h6-10,14-16,18H,11-12H2,1-5H3/t14-,15-,16?/m1/s1. The molecule has 0 amide bonds. The maximum absolute atomic E-state index is 6.41. The smallest absolute Gasteiger partial charge is 0.205 e. The molecule has 111 valence electrons. The summed E-state index contributed by atoms with van der Waals surface area (Å²) >= 11 is 0. The Balaban J connectivity index is 2.23. The first-order valence-electron chi connectivity index (χ1n) is 7.62. The average molecular weight is 291 g/mol. The molecule has 1 aliphatic heterocycles. The van der Waals surface area contributed by atoms with Crippen molar-refractivity contribution < 1.29 is 4.43 Å². The third kappa shape index (κ3) is 3.71. The second kappa shape index (κ2) is 6.42. The first-order valence-corrected chi connectivity index (χ1v) is 10.0. The largest absolute Gasteiger partial charge is 0.413 e. The molecule has 1 aromatic rings. The van der Waals surface area contributed by atoms with Gasteiger partial charge in [-0.1, -0.05) is 51.1 Å².